The first-order chi connectivity index (χ1) is 7.18. The van der Waals surface area contributed by atoms with Gasteiger partial charge in [-0.1, -0.05) is 64.8 Å². The van der Waals surface area contributed by atoms with Gasteiger partial charge in [0, 0.05) is 0 Å². The lowest BCUT2D eigenvalue weighted by Crippen LogP contribution is -2.05. The zero-order valence-corrected chi connectivity index (χ0v) is 10.8. The highest BCUT2D eigenvalue weighted by atomic mass is 14.5. The highest BCUT2D eigenvalue weighted by Gasteiger charge is 1.82. The van der Waals surface area contributed by atoms with Crippen LogP contribution in [0, 0.1) is 5.92 Å². The van der Waals surface area contributed by atoms with Gasteiger partial charge in [-0.25, -0.2) is 0 Å². The van der Waals surface area contributed by atoms with E-state index < -0.39 is 0 Å². The second-order valence-corrected chi connectivity index (χ2v) is 4.14. The average molecular weight is 211 g/mol. The SMILES string of the molecule is C=CC=CCCCCCC.CC(C)CN. The van der Waals surface area contributed by atoms with Gasteiger partial charge in [0.1, 0.15) is 0 Å². The van der Waals surface area contributed by atoms with Crippen LogP contribution >= 0.6 is 0 Å². The molecule has 0 spiro atoms. The molecule has 0 aromatic carbocycles. The fourth-order valence-electron chi connectivity index (χ4n) is 0.881. The summed E-state index contributed by atoms with van der Waals surface area (Å²) in [5.41, 5.74) is 5.17. The van der Waals surface area contributed by atoms with E-state index in [0.29, 0.717) is 5.92 Å². The zero-order valence-electron chi connectivity index (χ0n) is 10.8. The Morgan fingerprint density at radius 2 is 1.80 bits per heavy atom. The standard InChI is InChI=1S/C10H18.C4H11N/c1-3-5-7-9-10-8-6-4-2;1-4(2)3-5/h3,5,7H,1,4,6,8-10H2,2H3;4H,3,5H2,1-2H3. The van der Waals surface area contributed by atoms with Gasteiger partial charge < -0.3 is 5.73 Å². The molecular weight excluding hydrogens is 182 g/mol. The van der Waals surface area contributed by atoms with E-state index in [1.165, 1.54) is 32.1 Å². The molecule has 0 bridgehead atoms. The van der Waals surface area contributed by atoms with E-state index in [1.807, 2.05) is 12.2 Å². The fourth-order valence-corrected chi connectivity index (χ4v) is 0.881. The molecule has 0 atom stereocenters. The molecule has 0 amide bonds. The van der Waals surface area contributed by atoms with Crippen molar-refractivity contribution < 1.29 is 0 Å². The van der Waals surface area contributed by atoms with E-state index in [2.05, 4.69) is 33.4 Å². The van der Waals surface area contributed by atoms with E-state index in [1.54, 1.807) is 0 Å². The van der Waals surface area contributed by atoms with Crippen molar-refractivity contribution in [2.75, 3.05) is 6.54 Å². The molecule has 0 aliphatic heterocycles. The lowest BCUT2D eigenvalue weighted by molar-refractivity contribution is 0.664. The van der Waals surface area contributed by atoms with Crippen molar-refractivity contribution in [1.29, 1.82) is 0 Å². The molecule has 15 heavy (non-hydrogen) atoms. The minimum atomic E-state index is 0.662. The van der Waals surface area contributed by atoms with Crippen molar-refractivity contribution in [3.63, 3.8) is 0 Å². The highest BCUT2D eigenvalue weighted by Crippen LogP contribution is 2.02. The Kier molecular flexibility index (Phi) is 17.9. The smallest absolute Gasteiger partial charge is 0.00541 e. The van der Waals surface area contributed by atoms with Crippen molar-refractivity contribution in [1.82, 2.24) is 0 Å². The Morgan fingerprint density at radius 1 is 1.20 bits per heavy atom. The summed E-state index contributed by atoms with van der Waals surface area (Å²) in [6.07, 6.45) is 12.7. The molecule has 0 saturated carbocycles. The van der Waals surface area contributed by atoms with Crippen LogP contribution in [0.3, 0.4) is 0 Å². The first-order valence-corrected chi connectivity index (χ1v) is 6.16. The van der Waals surface area contributed by atoms with Crippen molar-refractivity contribution in [2.45, 2.75) is 52.9 Å². The molecular formula is C14H29N. The van der Waals surface area contributed by atoms with Gasteiger partial charge in [0.05, 0.1) is 0 Å². The van der Waals surface area contributed by atoms with E-state index in [4.69, 9.17) is 5.73 Å². The number of hydrogen-bond donors (Lipinski definition) is 1. The topological polar surface area (TPSA) is 26.0 Å². The summed E-state index contributed by atoms with van der Waals surface area (Å²) < 4.78 is 0. The third-order valence-electron chi connectivity index (χ3n) is 1.97. The van der Waals surface area contributed by atoms with Crippen LogP contribution in [0.4, 0.5) is 0 Å². The van der Waals surface area contributed by atoms with E-state index >= 15 is 0 Å². The first-order valence-electron chi connectivity index (χ1n) is 6.16. The first kappa shape index (κ1) is 16.9. The molecule has 0 radical (unpaired) electrons. The lowest BCUT2D eigenvalue weighted by atomic mass is 10.1. The van der Waals surface area contributed by atoms with Gasteiger partial charge in [0.15, 0.2) is 0 Å². The number of rotatable bonds is 7. The summed E-state index contributed by atoms with van der Waals surface area (Å²) in [5, 5.41) is 0. The second-order valence-electron chi connectivity index (χ2n) is 4.14. The third kappa shape index (κ3) is 24.7. The van der Waals surface area contributed by atoms with Gasteiger partial charge in [-0.05, 0) is 25.3 Å². The maximum Gasteiger partial charge on any atom is -0.00541 e. The molecule has 0 aromatic heterocycles. The zero-order chi connectivity index (χ0) is 11.9. The number of allylic oxidation sites excluding steroid dienone is 3. The van der Waals surface area contributed by atoms with E-state index in [-0.39, 0.29) is 0 Å². The van der Waals surface area contributed by atoms with Crippen LogP contribution in [0.15, 0.2) is 24.8 Å². The van der Waals surface area contributed by atoms with Crippen molar-refractivity contribution >= 4 is 0 Å². The van der Waals surface area contributed by atoms with Crippen molar-refractivity contribution in [2.24, 2.45) is 11.7 Å². The summed E-state index contributed by atoms with van der Waals surface area (Å²) in [4.78, 5) is 0. The molecule has 90 valence electrons. The predicted molar refractivity (Wildman–Crippen MR) is 72.0 cm³/mol. The van der Waals surface area contributed by atoms with Crippen LogP contribution in [0.1, 0.15) is 52.9 Å². The van der Waals surface area contributed by atoms with Gasteiger partial charge in [-0.2, -0.15) is 0 Å². The van der Waals surface area contributed by atoms with E-state index in [9.17, 15) is 0 Å². The Bertz CT molecular complexity index is 136. The Morgan fingerprint density at radius 3 is 2.20 bits per heavy atom. The van der Waals surface area contributed by atoms with Gasteiger partial charge in [-0.3, -0.25) is 0 Å². The van der Waals surface area contributed by atoms with Crippen LogP contribution < -0.4 is 5.73 Å². The second kappa shape index (κ2) is 15.9. The fraction of sp³-hybridized carbons (Fsp3) is 0.714. The van der Waals surface area contributed by atoms with Crippen molar-refractivity contribution in [3.8, 4) is 0 Å². The van der Waals surface area contributed by atoms with Crippen molar-refractivity contribution in [3.05, 3.63) is 24.8 Å². The maximum atomic E-state index is 5.17. The van der Waals surface area contributed by atoms with Crippen LogP contribution in [0.25, 0.3) is 0 Å². The maximum absolute atomic E-state index is 5.17. The summed E-state index contributed by atoms with van der Waals surface area (Å²) in [6.45, 7) is 10.8. The van der Waals surface area contributed by atoms with Crippen LogP contribution in [0.2, 0.25) is 0 Å². The average Bonchev–Trinajstić information content (AvgIpc) is 2.24. The van der Waals surface area contributed by atoms with Crippen LogP contribution in [-0.4, -0.2) is 6.54 Å². The summed E-state index contributed by atoms with van der Waals surface area (Å²) in [7, 11) is 0. The molecule has 0 saturated heterocycles. The van der Waals surface area contributed by atoms with Gasteiger partial charge in [0.2, 0.25) is 0 Å². The molecule has 0 heterocycles. The largest absolute Gasteiger partial charge is 0.330 e. The molecule has 2 N–H and O–H groups in total. The molecule has 1 heteroatoms. The summed E-state index contributed by atoms with van der Waals surface area (Å²) in [6, 6.07) is 0. The van der Waals surface area contributed by atoms with Gasteiger partial charge >= 0.3 is 0 Å². The molecule has 0 fully saturated rings. The number of hydrogen-bond acceptors (Lipinski definition) is 1. The number of unbranched alkanes of at least 4 members (excludes halogenated alkanes) is 4. The molecule has 0 aliphatic rings. The monoisotopic (exact) mass is 211 g/mol. The molecule has 0 aliphatic carbocycles. The minimum Gasteiger partial charge on any atom is -0.330 e. The highest BCUT2D eigenvalue weighted by molar-refractivity contribution is 4.96. The minimum absolute atomic E-state index is 0.662. The molecule has 1 nitrogen and oxygen atoms in total. The van der Waals surface area contributed by atoms with E-state index in [0.717, 1.165) is 6.54 Å². The lowest BCUT2D eigenvalue weighted by Gasteiger charge is -1.92. The Hall–Kier alpha value is -0.560. The van der Waals surface area contributed by atoms with Gasteiger partial charge in [0.25, 0.3) is 0 Å². The Balaban J connectivity index is 0. The number of nitrogens with two attached hydrogens (primary N) is 1. The summed E-state index contributed by atoms with van der Waals surface area (Å²) >= 11 is 0. The summed E-state index contributed by atoms with van der Waals surface area (Å²) in [5.74, 6) is 0.662. The third-order valence-corrected chi connectivity index (χ3v) is 1.97. The van der Waals surface area contributed by atoms with Crippen LogP contribution in [0.5, 0.6) is 0 Å². The quantitative estimate of drug-likeness (QED) is 0.493. The van der Waals surface area contributed by atoms with Gasteiger partial charge in [-0.15, -0.1) is 0 Å². The molecule has 0 rings (SSSR count). The van der Waals surface area contributed by atoms with Crippen LogP contribution in [-0.2, 0) is 0 Å². The normalized spacial score (nSPS) is 10.2. The molecule has 0 unspecified atom stereocenters. The molecule has 0 aromatic rings. The Labute approximate surface area is 96.5 Å². The predicted octanol–water partition coefficient (Wildman–Crippen LogP) is 4.30.